The molecule has 0 atom stereocenters. The zero-order valence-corrected chi connectivity index (χ0v) is 8.44. The standard InChI is InChI=1S/C11H16N2/c1-7(2)13-11-9(4)6-5-8(3)10(11)12/h5-6,13H,1,12H2,2-4H3. The lowest BCUT2D eigenvalue weighted by molar-refractivity contribution is 1.33. The highest BCUT2D eigenvalue weighted by molar-refractivity contribution is 5.74. The van der Waals surface area contributed by atoms with Crippen molar-refractivity contribution in [3.63, 3.8) is 0 Å². The molecule has 1 aromatic carbocycles. The van der Waals surface area contributed by atoms with Crippen molar-refractivity contribution in [2.45, 2.75) is 20.8 Å². The molecule has 0 heterocycles. The maximum Gasteiger partial charge on any atom is 0.0647 e. The molecular formula is C11H16N2. The van der Waals surface area contributed by atoms with Crippen LogP contribution in [0.5, 0.6) is 0 Å². The van der Waals surface area contributed by atoms with Crippen LogP contribution in [0.4, 0.5) is 11.4 Å². The number of rotatable bonds is 2. The van der Waals surface area contributed by atoms with Crippen molar-refractivity contribution in [1.82, 2.24) is 0 Å². The summed E-state index contributed by atoms with van der Waals surface area (Å²) < 4.78 is 0. The third-order valence-corrected chi connectivity index (χ3v) is 2.01. The molecule has 0 aliphatic rings. The summed E-state index contributed by atoms with van der Waals surface area (Å²) in [4.78, 5) is 0. The molecule has 0 spiro atoms. The van der Waals surface area contributed by atoms with Gasteiger partial charge >= 0.3 is 0 Å². The van der Waals surface area contributed by atoms with Gasteiger partial charge < -0.3 is 11.1 Å². The average Bonchev–Trinajstić information content (AvgIpc) is 2.05. The van der Waals surface area contributed by atoms with E-state index in [2.05, 4.69) is 18.0 Å². The summed E-state index contributed by atoms with van der Waals surface area (Å²) in [5.74, 6) is 0. The van der Waals surface area contributed by atoms with Crippen molar-refractivity contribution in [3.05, 3.63) is 35.5 Å². The van der Waals surface area contributed by atoms with Gasteiger partial charge in [0.1, 0.15) is 0 Å². The van der Waals surface area contributed by atoms with Gasteiger partial charge in [0.25, 0.3) is 0 Å². The quantitative estimate of drug-likeness (QED) is 0.680. The molecule has 0 bridgehead atoms. The molecule has 0 aliphatic heterocycles. The van der Waals surface area contributed by atoms with Gasteiger partial charge in [-0.15, -0.1) is 0 Å². The van der Waals surface area contributed by atoms with E-state index in [1.54, 1.807) is 0 Å². The monoisotopic (exact) mass is 176 g/mol. The normalized spacial score (nSPS) is 9.77. The molecule has 1 rings (SSSR count). The van der Waals surface area contributed by atoms with Crippen molar-refractivity contribution < 1.29 is 0 Å². The third-order valence-electron chi connectivity index (χ3n) is 2.01. The van der Waals surface area contributed by atoms with Crippen molar-refractivity contribution in [2.24, 2.45) is 0 Å². The van der Waals surface area contributed by atoms with Gasteiger partial charge in [-0.3, -0.25) is 0 Å². The summed E-state index contributed by atoms with van der Waals surface area (Å²) in [6.45, 7) is 9.74. The first-order chi connectivity index (χ1) is 6.02. The lowest BCUT2D eigenvalue weighted by Gasteiger charge is -2.13. The SMILES string of the molecule is C=C(C)Nc1c(C)ccc(C)c1N. The Morgan fingerprint density at radius 2 is 1.85 bits per heavy atom. The largest absolute Gasteiger partial charge is 0.397 e. The Hall–Kier alpha value is -1.44. The van der Waals surface area contributed by atoms with Gasteiger partial charge in [-0.1, -0.05) is 18.7 Å². The van der Waals surface area contributed by atoms with E-state index >= 15 is 0 Å². The van der Waals surface area contributed by atoms with Crippen LogP contribution in [0.25, 0.3) is 0 Å². The number of aryl methyl sites for hydroxylation is 2. The smallest absolute Gasteiger partial charge is 0.0647 e. The second-order valence-corrected chi connectivity index (χ2v) is 3.39. The highest BCUT2D eigenvalue weighted by atomic mass is 14.9. The Balaban J connectivity index is 3.17. The maximum atomic E-state index is 5.93. The van der Waals surface area contributed by atoms with Crippen LogP contribution < -0.4 is 11.1 Å². The summed E-state index contributed by atoms with van der Waals surface area (Å²) >= 11 is 0. The highest BCUT2D eigenvalue weighted by Gasteiger charge is 2.04. The van der Waals surface area contributed by atoms with Crippen LogP contribution >= 0.6 is 0 Å². The number of hydrogen-bond acceptors (Lipinski definition) is 2. The molecule has 0 aliphatic carbocycles. The molecule has 0 amide bonds. The molecule has 0 saturated carbocycles. The van der Waals surface area contributed by atoms with Crippen LogP contribution in [-0.4, -0.2) is 0 Å². The highest BCUT2D eigenvalue weighted by Crippen LogP contribution is 2.27. The van der Waals surface area contributed by atoms with Crippen molar-refractivity contribution in [2.75, 3.05) is 11.1 Å². The summed E-state index contributed by atoms with van der Waals surface area (Å²) in [7, 11) is 0. The van der Waals surface area contributed by atoms with E-state index in [0.717, 1.165) is 28.2 Å². The van der Waals surface area contributed by atoms with Gasteiger partial charge in [0.05, 0.1) is 11.4 Å². The van der Waals surface area contributed by atoms with E-state index in [9.17, 15) is 0 Å². The maximum absolute atomic E-state index is 5.93. The Morgan fingerprint density at radius 1 is 1.31 bits per heavy atom. The molecule has 13 heavy (non-hydrogen) atoms. The van der Waals surface area contributed by atoms with Gasteiger partial charge in [-0.25, -0.2) is 0 Å². The summed E-state index contributed by atoms with van der Waals surface area (Å²) in [5.41, 5.74) is 10.9. The number of nitrogen functional groups attached to an aromatic ring is 1. The molecule has 0 aromatic heterocycles. The molecule has 0 radical (unpaired) electrons. The number of hydrogen-bond donors (Lipinski definition) is 2. The summed E-state index contributed by atoms with van der Waals surface area (Å²) in [5, 5.41) is 3.16. The summed E-state index contributed by atoms with van der Waals surface area (Å²) in [6, 6.07) is 4.07. The average molecular weight is 176 g/mol. The molecule has 2 heteroatoms. The van der Waals surface area contributed by atoms with Crippen molar-refractivity contribution in [1.29, 1.82) is 0 Å². The van der Waals surface area contributed by atoms with Crippen LogP contribution in [0, 0.1) is 13.8 Å². The zero-order chi connectivity index (χ0) is 10.0. The summed E-state index contributed by atoms with van der Waals surface area (Å²) in [6.07, 6.45) is 0. The molecule has 1 aromatic rings. The van der Waals surface area contributed by atoms with Crippen LogP contribution in [0.1, 0.15) is 18.1 Å². The second-order valence-electron chi connectivity index (χ2n) is 3.39. The lowest BCUT2D eigenvalue weighted by atomic mass is 10.1. The number of benzene rings is 1. The molecule has 2 nitrogen and oxygen atoms in total. The first-order valence-corrected chi connectivity index (χ1v) is 4.30. The van der Waals surface area contributed by atoms with E-state index in [-0.39, 0.29) is 0 Å². The van der Waals surface area contributed by atoms with E-state index in [4.69, 9.17) is 5.73 Å². The Morgan fingerprint density at radius 3 is 2.38 bits per heavy atom. The fourth-order valence-electron chi connectivity index (χ4n) is 1.21. The lowest BCUT2D eigenvalue weighted by Crippen LogP contribution is -2.02. The first kappa shape index (κ1) is 9.65. The van der Waals surface area contributed by atoms with Gasteiger partial charge in [-0.2, -0.15) is 0 Å². The molecule has 0 unspecified atom stereocenters. The minimum absolute atomic E-state index is 0.808. The number of nitrogens with two attached hydrogens (primary N) is 1. The first-order valence-electron chi connectivity index (χ1n) is 4.30. The molecule has 0 saturated heterocycles. The van der Waals surface area contributed by atoms with Crippen LogP contribution in [0.2, 0.25) is 0 Å². The number of nitrogens with one attached hydrogen (secondary N) is 1. The molecular weight excluding hydrogens is 160 g/mol. The third kappa shape index (κ3) is 2.02. The Labute approximate surface area is 79.5 Å². The molecule has 3 N–H and O–H groups in total. The van der Waals surface area contributed by atoms with Crippen LogP contribution in [0.15, 0.2) is 24.4 Å². The van der Waals surface area contributed by atoms with Crippen LogP contribution in [-0.2, 0) is 0 Å². The van der Waals surface area contributed by atoms with Gasteiger partial charge in [0, 0.05) is 5.70 Å². The minimum atomic E-state index is 0.808. The van der Waals surface area contributed by atoms with Gasteiger partial charge in [0.2, 0.25) is 0 Å². The topological polar surface area (TPSA) is 38.0 Å². The second kappa shape index (κ2) is 3.52. The van der Waals surface area contributed by atoms with Gasteiger partial charge in [0.15, 0.2) is 0 Å². The predicted molar refractivity (Wildman–Crippen MR) is 58.8 cm³/mol. The molecule has 0 fully saturated rings. The fraction of sp³-hybridized carbons (Fsp3) is 0.273. The predicted octanol–water partition coefficient (Wildman–Crippen LogP) is 2.83. The van der Waals surface area contributed by atoms with Crippen molar-refractivity contribution >= 4 is 11.4 Å². The zero-order valence-electron chi connectivity index (χ0n) is 8.44. The van der Waals surface area contributed by atoms with Gasteiger partial charge in [-0.05, 0) is 31.9 Å². The van der Waals surface area contributed by atoms with E-state index in [1.807, 2.05) is 26.8 Å². The van der Waals surface area contributed by atoms with E-state index < -0.39 is 0 Å². The fourth-order valence-corrected chi connectivity index (χ4v) is 1.21. The Bertz CT molecular complexity index is 340. The Kier molecular flexibility index (Phi) is 2.61. The van der Waals surface area contributed by atoms with Crippen LogP contribution in [0.3, 0.4) is 0 Å². The van der Waals surface area contributed by atoms with E-state index in [1.165, 1.54) is 0 Å². The molecule has 70 valence electrons. The van der Waals surface area contributed by atoms with E-state index in [0.29, 0.717) is 0 Å². The number of anilines is 2. The minimum Gasteiger partial charge on any atom is -0.397 e. The van der Waals surface area contributed by atoms with Crippen molar-refractivity contribution in [3.8, 4) is 0 Å². The number of allylic oxidation sites excluding steroid dienone is 1.